The average molecular weight is 422 g/mol. The van der Waals surface area contributed by atoms with Crippen LogP contribution in [0, 0.1) is 3.57 Å². The van der Waals surface area contributed by atoms with E-state index < -0.39 is 0 Å². The van der Waals surface area contributed by atoms with Gasteiger partial charge in [-0.05, 0) is 58.3 Å². The number of alkyl halides is 1. The Bertz CT molecular complexity index is 499. The third-order valence-corrected chi connectivity index (χ3v) is 4.59. The van der Waals surface area contributed by atoms with E-state index in [0.29, 0.717) is 4.83 Å². The fraction of sp³-hybridized carbons (Fsp3) is 0.143. The van der Waals surface area contributed by atoms with Crippen LogP contribution in [-0.2, 0) is 6.42 Å². The summed E-state index contributed by atoms with van der Waals surface area (Å²) in [6.45, 7) is 0. The minimum absolute atomic E-state index is 0.301. The van der Waals surface area contributed by atoms with Crippen molar-refractivity contribution in [3.8, 4) is 0 Å². The first kappa shape index (κ1) is 13.4. The molecule has 0 aliphatic heterocycles. The van der Waals surface area contributed by atoms with Crippen molar-refractivity contribution in [2.45, 2.75) is 11.2 Å². The van der Waals surface area contributed by atoms with Gasteiger partial charge in [-0.25, -0.2) is 0 Å². The van der Waals surface area contributed by atoms with Crippen LogP contribution < -0.4 is 0 Å². The number of halogens is 3. The molecule has 2 aromatic carbocycles. The third kappa shape index (κ3) is 3.70. The van der Waals surface area contributed by atoms with E-state index in [1.54, 1.807) is 0 Å². The van der Waals surface area contributed by atoms with Crippen molar-refractivity contribution in [3.05, 3.63) is 68.3 Å². The summed E-state index contributed by atoms with van der Waals surface area (Å²) >= 11 is 12.1. The van der Waals surface area contributed by atoms with Crippen molar-refractivity contribution < 1.29 is 0 Å². The van der Waals surface area contributed by atoms with Crippen LogP contribution in [0.1, 0.15) is 16.0 Å². The largest absolute Gasteiger partial charge is 0.0843 e. The first-order chi connectivity index (χ1) is 8.16. The summed E-state index contributed by atoms with van der Waals surface area (Å²) in [5.74, 6) is 0. The average Bonchev–Trinajstić information content (AvgIpc) is 2.33. The van der Waals surface area contributed by atoms with E-state index in [-0.39, 0.29) is 0 Å². The molecule has 0 heterocycles. The van der Waals surface area contributed by atoms with Crippen molar-refractivity contribution >= 4 is 50.1 Å². The van der Waals surface area contributed by atoms with Crippen LogP contribution in [-0.4, -0.2) is 0 Å². The second-order valence-electron chi connectivity index (χ2n) is 3.82. The second kappa shape index (κ2) is 6.21. The van der Waals surface area contributed by atoms with Gasteiger partial charge in [-0.3, -0.25) is 0 Å². The highest BCUT2D eigenvalue weighted by Gasteiger charge is 2.12. The lowest BCUT2D eigenvalue weighted by molar-refractivity contribution is 0.943. The van der Waals surface area contributed by atoms with Gasteiger partial charge in [0.2, 0.25) is 0 Å². The van der Waals surface area contributed by atoms with Gasteiger partial charge in [0.1, 0.15) is 0 Å². The smallest absolute Gasteiger partial charge is 0.0446 e. The Morgan fingerprint density at radius 1 is 1.12 bits per heavy atom. The highest BCUT2D eigenvalue weighted by atomic mass is 127. The lowest BCUT2D eigenvalue weighted by Gasteiger charge is -2.12. The van der Waals surface area contributed by atoms with Gasteiger partial charge >= 0.3 is 0 Å². The van der Waals surface area contributed by atoms with Crippen molar-refractivity contribution in [2.75, 3.05) is 0 Å². The van der Waals surface area contributed by atoms with Crippen molar-refractivity contribution in [1.29, 1.82) is 0 Å². The molecule has 0 radical (unpaired) electrons. The topological polar surface area (TPSA) is 0 Å². The van der Waals surface area contributed by atoms with E-state index in [0.717, 1.165) is 11.4 Å². The molecule has 1 unspecified atom stereocenters. The SMILES string of the molecule is Clc1ccc(I)c(C(Br)Cc2ccccc2)c1. The molecule has 17 heavy (non-hydrogen) atoms. The summed E-state index contributed by atoms with van der Waals surface area (Å²) in [7, 11) is 0. The minimum Gasteiger partial charge on any atom is -0.0843 e. The molecule has 2 rings (SSSR count). The maximum absolute atomic E-state index is 6.04. The summed E-state index contributed by atoms with van der Waals surface area (Å²) in [6, 6.07) is 16.5. The van der Waals surface area contributed by atoms with Gasteiger partial charge in [0.15, 0.2) is 0 Å². The van der Waals surface area contributed by atoms with Gasteiger partial charge in [0.05, 0.1) is 0 Å². The van der Waals surface area contributed by atoms with Crippen LogP contribution in [0.15, 0.2) is 48.5 Å². The quantitative estimate of drug-likeness (QED) is 0.446. The van der Waals surface area contributed by atoms with Gasteiger partial charge in [-0.1, -0.05) is 57.9 Å². The van der Waals surface area contributed by atoms with Gasteiger partial charge in [-0.2, -0.15) is 0 Å². The Labute approximate surface area is 129 Å². The van der Waals surface area contributed by atoms with Gasteiger partial charge in [-0.15, -0.1) is 0 Å². The Morgan fingerprint density at radius 3 is 2.53 bits per heavy atom. The van der Waals surface area contributed by atoms with E-state index in [2.05, 4.69) is 68.9 Å². The van der Waals surface area contributed by atoms with Crippen molar-refractivity contribution in [1.82, 2.24) is 0 Å². The Balaban J connectivity index is 2.20. The normalized spacial score (nSPS) is 12.4. The number of hydrogen-bond donors (Lipinski definition) is 0. The fourth-order valence-electron chi connectivity index (χ4n) is 1.69. The predicted molar refractivity (Wildman–Crippen MR) is 86.0 cm³/mol. The van der Waals surface area contributed by atoms with Crippen molar-refractivity contribution in [2.24, 2.45) is 0 Å². The molecular formula is C14H11BrClI. The summed E-state index contributed by atoms with van der Waals surface area (Å²) in [4.78, 5) is 0.301. The van der Waals surface area contributed by atoms with Gasteiger partial charge in [0, 0.05) is 13.4 Å². The zero-order valence-corrected chi connectivity index (χ0v) is 13.5. The lowest BCUT2D eigenvalue weighted by atomic mass is 10.0. The third-order valence-electron chi connectivity index (χ3n) is 2.55. The van der Waals surface area contributed by atoms with Crippen LogP contribution in [0.3, 0.4) is 0 Å². The molecule has 0 aromatic heterocycles. The molecular weight excluding hydrogens is 410 g/mol. The highest BCUT2D eigenvalue weighted by Crippen LogP contribution is 2.32. The molecule has 0 aliphatic carbocycles. The van der Waals surface area contributed by atoms with E-state index >= 15 is 0 Å². The monoisotopic (exact) mass is 420 g/mol. The van der Waals surface area contributed by atoms with E-state index in [4.69, 9.17) is 11.6 Å². The lowest BCUT2D eigenvalue weighted by Crippen LogP contribution is -1.97. The van der Waals surface area contributed by atoms with Gasteiger partial charge < -0.3 is 0 Å². The van der Waals surface area contributed by atoms with Crippen LogP contribution in [0.25, 0.3) is 0 Å². The van der Waals surface area contributed by atoms with Gasteiger partial charge in [0.25, 0.3) is 0 Å². The molecule has 0 saturated heterocycles. The molecule has 88 valence electrons. The second-order valence-corrected chi connectivity index (χ2v) is 6.53. The molecule has 1 atom stereocenters. The molecule has 3 heteroatoms. The van der Waals surface area contributed by atoms with Crippen LogP contribution >= 0.6 is 50.1 Å². The molecule has 0 fully saturated rings. The molecule has 0 saturated carbocycles. The first-order valence-corrected chi connectivity index (χ1v) is 7.67. The Hall–Kier alpha value is -0.0600. The molecule has 0 bridgehead atoms. The highest BCUT2D eigenvalue weighted by molar-refractivity contribution is 14.1. The fourth-order valence-corrected chi connectivity index (χ4v) is 3.76. The van der Waals surface area contributed by atoms with Crippen LogP contribution in [0.4, 0.5) is 0 Å². The van der Waals surface area contributed by atoms with Crippen LogP contribution in [0.2, 0.25) is 5.02 Å². The molecule has 2 aromatic rings. The molecule has 0 nitrogen and oxygen atoms in total. The van der Waals surface area contributed by atoms with E-state index in [9.17, 15) is 0 Å². The maximum Gasteiger partial charge on any atom is 0.0446 e. The summed E-state index contributed by atoms with van der Waals surface area (Å²) in [6.07, 6.45) is 0.969. The van der Waals surface area contributed by atoms with E-state index in [1.807, 2.05) is 18.2 Å². The number of benzene rings is 2. The minimum atomic E-state index is 0.301. The zero-order valence-electron chi connectivity index (χ0n) is 9.04. The predicted octanol–water partition coefficient (Wildman–Crippen LogP) is 5.62. The summed E-state index contributed by atoms with van der Waals surface area (Å²) < 4.78 is 1.24. The first-order valence-electron chi connectivity index (χ1n) is 5.30. The number of rotatable bonds is 3. The van der Waals surface area contributed by atoms with Crippen LogP contribution in [0.5, 0.6) is 0 Å². The molecule has 0 amide bonds. The number of hydrogen-bond acceptors (Lipinski definition) is 0. The standard InChI is InChI=1S/C14H11BrClI/c15-13(8-10-4-2-1-3-5-10)12-9-11(16)6-7-14(12)17/h1-7,9,13H,8H2. The molecule has 0 N–H and O–H groups in total. The van der Waals surface area contributed by atoms with Crippen molar-refractivity contribution in [3.63, 3.8) is 0 Å². The molecule has 0 aliphatic rings. The Morgan fingerprint density at radius 2 is 1.82 bits per heavy atom. The maximum atomic E-state index is 6.04. The molecule has 0 spiro atoms. The van der Waals surface area contributed by atoms with E-state index in [1.165, 1.54) is 14.7 Å². The zero-order chi connectivity index (χ0) is 12.3. The Kier molecular flexibility index (Phi) is 4.88. The summed E-state index contributed by atoms with van der Waals surface area (Å²) in [5.41, 5.74) is 2.58. The summed E-state index contributed by atoms with van der Waals surface area (Å²) in [5, 5.41) is 0.790.